The summed E-state index contributed by atoms with van der Waals surface area (Å²) >= 11 is 1.81. The minimum absolute atomic E-state index is 1.06. The third-order valence-corrected chi connectivity index (χ3v) is 4.11. The van der Waals surface area contributed by atoms with Crippen LogP contribution in [0.4, 0.5) is 0 Å². The predicted octanol–water partition coefficient (Wildman–Crippen LogP) is 4.17. The van der Waals surface area contributed by atoms with Crippen LogP contribution >= 0.6 is 11.8 Å². The van der Waals surface area contributed by atoms with Gasteiger partial charge in [0.25, 0.3) is 0 Å². The lowest BCUT2D eigenvalue weighted by atomic mass is 10.1. The van der Waals surface area contributed by atoms with E-state index in [0.717, 1.165) is 25.9 Å². The van der Waals surface area contributed by atoms with Gasteiger partial charge < -0.3 is 5.32 Å². The van der Waals surface area contributed by atoms with Crippen LogP contribution in [0.15, 0.2) is 59.5 Å². The second-order valence-electron chi connectivity index (χ2n) is 4.94. The molecule has 0 amide bonds. The van der Waals surface area contributed by atoms with E-state index in [0.29, 0.717) is 0 Å². The number of thioether (sulfide) groups is 1. The van der Waals surface area contributed by atoms with E-state index in [1.807, 2.05) is 11.8 Å². The van der Waals surface area contributed by atoms with Crippen LogP contribution in [0.1, 0.15) is 17.5 Å². The molecule has 0 saturated carbocycles. The fourth-order valence-corrected chi connectivity index (χ4v) is 2.73. The summed E-state index contributed by atoms with van der Waals surface area (Å²) in [4.78, 5) is 1.35. The Bertz CT molecular complexity index is 496. The Hall–Kier alpha value is -1.25. The third kappa shape index (κ3) is 5.40. The Kier molecular flexibility index (Phi) is 6.69. The average molecular weight is 285 g/mol. The Morgan fingerprint density at radius 3 is 2.45 bits per heavy atom. The maximum atomic E-state index is 3.53. The monoisotopic (exact) mass is 285 g/mol. The molecular weight excluding hydrogens is 262 g/mol. The van der Waals surface area contributed by atoms with Crippen LogP contribution in [-0.2, 0) is 12.8 Å². The fourth-order valence-electron chi connectivity index (χ4n) is 2.25. The summed E-state index contributed by atoms with van der Waals surface area (Å²) in [5, 5.41) is 3.53. The van der Waals surface area contributed by atoms with Crippen molar-refractivity contribution in [1.29, 1.82) is 0 Å². The molecule has 0 saturated heterocycles. The molecule has 2 heteroatoms. The van der Waals surface area contributed by atoms with Crippen molar-refractivity contribution in [2.24, 2.45) is 0 Å². The molecule has 1 nitrogen and oxygen atoms in total. The van der Waals surface area contributed by atoms with Gasteiger partial charge in [0.2, 0.25) is 0 Å². The molecule has 2 aromatic rings. The van der Waals surface area contributed by atoms with Crippen LogP contribution in [0.3, 0.4) is 0 Å². The standard InChI is InChI=1S/C18H23NS/c1-20-18-11-5-9-17(15-18)12-14-19-13-6-10-16-7-3-2-4-8-16/h2-5,7-9,11,15,19H,6,10,12-14H2,1H3. The first kappa shape index (κ1) is 15.1. The Labute approximate surface area is 126 Å². The van der Waals surface area contributed by atoms with Gasteiger partial charge in [0.15, 0.2) is 0 Å². The predicted molar refractivity (Wildman–Crippen MR) is 89.6 cm³/mol. The van der Waals surface area contributed by atoms with Gasteiger partial charge in [-0.2, -0.15) is 0 Å². The van der Waals surface area contributed by atoms with Crippen LogP contribution in [-0.4, -0.2) is 19.3 Å². The molecule has 0 aliphatic carbocycles. The SMILES string of the molecule is CSc1cccc(CCNCCCc2ccccc2)c1. The zero-order chi connectivity index (χ0) is 14.0. The summed E-state index contributed by atoms with van der Waals surface area (Å²) < 4.78 is 0. The molecule has 1 N–H and O–H groups in total. The molecule has 2 aromatic carbocycles. The summed E-state index contributed by atoms with van der Waals surface area (Å²) in [6, 6.07) is 19.5. The minimum atomic E-state index is 1.06. The molecule has 106 valence electrons. The lowest BCUT2D eigenvalue weighted by Crippen LogP contribution is -2.19. The van der Waals surface area contributed by atoms with Gasteiger partial charge in [-0.3, -0.25) is 0 Å². The van der Waals surface area contributed by atoms with Crippen LogP contribution in [0.25, 0.3) is 0 Å². The van der Waals surface area contributed by atoms with Crippen molar-refractivity contribution in [2.45, 2.75) is 24.2 Å². The molecule has 0 fully saturated rings. The smallest absolute Gasteiger partial charge is 0.00718 e. The van der Waals surface area contributed by atoms with Crippen molar-refractivity contribution < 1.29 is 0 Å². The van der Waals surface area contributed by atoms with Crippen molar-refractivity contribution in [3.8, 4) is 0 Å². The minimum Gasteiger partial charge on any atom is -0.316 e. The van der Waals surface area contributed by atoms with E-state index in [9.17, 15) is 0 Å². The van der Waals surface area contributed by atoms with Crippen molar-refractivity contribution in [1.82, 2.24) is 5.32 Å². The first-order chi connectivity index (χ1) is 9.88. The normalized spacial score (nSPS) is 10.7. The van der Waals surface area contributed by atoms with Gasteiger partial charge in [0, 0.05) is 4.90 Å². The molecule has 20 heavy (non-hydrogen) atoms. The largest absolute Gasteiger partial charge is 0.316 e. The molecule has 2 rings (SSSR count). The van der Waals surface area contributed by atoms with E-state index in [4.69, 9.17) is 0 Å². The molecule has 0 aliphatic rings. The topological polar surface area (TPSA) is 12.0 Å². The fraction of sp³-hybridized carbons (Fsp3) is 0.333. The molecule has 0 heterocycles. The van der Waals surface area contributed by atoms with Crippen LogP contribution in [0, 0.1) is 0 Å². The van der Waals surface area contributed by atoms with Crippen LogP contribution in [0.5, 0.6) is 0 Å². The van der Waals surface area contributed by atoms with Gasteiger partial charge in [-0.1, -0.05) is 42.5 Å². The van der Waals surface area contributed by atoms with Gasteiger partial charge in [-0.15, -0.1) is 11.8 Å². The highest BCUT2D eigenvalue weighted by Gasteiger charge is 1.96. The molecule has 0 atom stereocenters. The van der Waals surface area contributed by atoms with Gasteiger partial charge >= 0.3 is 0 Å². The van der Waals surface area contributed by atoms with Gasteiger partial charge in [-0.05, 0) is 61.9 Å². The lowest BCUT2D eigenvalue weighted by Gasteiger charge is -2.06. The second kappa shape index (κ2) is 8.83. The highest BCUT2D eigenvalue weighted by molar-refractivity contribution is 7.98. The molecule has 0 aliphatic heterocycles. The lowest BCUT2D eigenvalue weighted by molar-refractivity contribution is 0.647. The molecule has 0 bridgehead atoms. The van der Waals surface area contributed by atoms with E-state index in [2.05, 4.69) is 66.2 Å². The number of hydrogen-bond acceptors (Lipinski definition) is 2. The molecular formula is C18H23NS. The maximum Gasteiger partial charge on any atom is 0.00718 e. The summed E-state index contributed by atoms with van der Waals surface area (Å²) in [7, 11) is 0. The average Bonchev–Trinajstić information content (AvgIpc) is 2.52. The number of aryl methyl sites for hydroxylation is 1. The van der Waals surface area contributed by atoms with Crippen molar-refractivity contribution in [3.63, 3.8) is 0 Å². The van der Waals surface area contributed by atoms with Crippen LogP contribution in [0.2, 0.25) is 0 Å². The van der Waals surface area contributed by atoms with Gasteiger partial charge in [0.05, 0.1) is 0 Å². The summed E-state index contributed by atoms with van der Waals surface area (Å²) in [6.45, 7) is 2.16. The van der Waals surface area contributed by atoms with Crippen molar-refractivity contribution >= 4 is 11.8 Å². The second-order valence-corrected chi connectivity index (χ2v) is 5.82. The zero-order valence-electron chi connectivity index (χ0n) is 12.1. The van der Waals surface area contributed by atoms with E-state index in [1.165, 1.54) is 22.4 Å². The van der Waals surface area contributed by atoms with E-state index in [1.54, 1.807) is 0 Å². The Balaban J connectivity index is 1.59. The van der Waals surface area contributed by atoms with Crippen LogP contribution < -0.4 is 5.32 Å². The highest BCUT2D eigenvalue weighted by Crippen LogP contribution is 2.15. The number of benzene rings is 2. The van der Waals surface area contributed by atoms with Crippen molar-refractivity contribution in [3.05, 3.63) is 65.7 Å². The van der Waals surface area contributed by atoms with Crippen molar-refractivity contribution in [2.75, 3.05) is 19.3 Å². The quantitative estimate of drug-likeness (QED) is 0.577. The molecule has 0 spiro atoms. The van der Waals surface area contributed by atoms with Gasteiger partial charge in [0.1, 0.15) is 0 Å². The van der Waals surface area contributed by atoms with E-state index in [-0.39, 0.29) is 0 Å². The number of nitrogens with one attached hydrogen (secondary N) is 1. The van der Waals surface area contributed by atoms with E-state index < -0.39 is 0 Å². The first-order valence-corrected chi connectivity index (χ1v) is 8.48. The number of rotatable bonds is 8. The summed E-state index contributed by atoms with van der Waals surface area (Å²) in [5.41, 5.74) is 2.86. The third-order valence-electron chi connectivity index (χ3n) is 3.39. The first-order valence-electron chi connectivity index (χ1n) is 7.26. The number of hydrogen-bond donors (Lipinski definition) is 1. The molecule has 0 radical (unpaired) electrons. The Morgan fingerprint density at radius 1 is 0.850 bits per heavy atom. The zero-order valence-corrected chi connectivity index (χ0v) is 13.0. The molecule has 0 aromatic heterocycles. The molecule has 0 unspecified atom stereocenters. The maximum absolute atomic E-state index is 3.53. The summed E-state index contributed by atoms with van der Waals surface area (Å²) in [5.74, 6) is 0. The summed E-state index contributed by atoms with van der Waals surface area (Å²) in [6.07, 6.45) is 5.60. The Morgan fingerprint density at radius 2 is 1.65 bits per heavy atom. The highest BCUT2D eigenvalue weighted by atomic mass is 32.2. The van der Waals surface area contributed by atoms with Gasteiger partial charge in [-0.25, -0.2) is 0 Å². The van der Waals surface area contributed by atoms with E-state index >= 15 is 0 Å².